The number of carboxylic acid groups (broad SMARTS) is 1. The van der Waals surface area contributed by atoms with E-state index in [-0.39, 0.29) is 5.69 Å². The van der Waals surface area contributed by atoms with Crippen molar-refractivity contribution in [3.05, 3.63) is 50.7 Å². The molecule has 2 rings (SSSR count). The molecule has 1 heterocycles. The van der Waals surface area contributed by atoms with Gasteiger partial charge in [0.1, 0.15) is 0 Å². The molecule has 0 bridgehead atoms. The number of hydrogen-bond acceptors (Lipinski definition) is 3. The summed E-state index contributed by atoms with van der Waals surface area (Å²) in [5.41, 5.74) is -0.417. The van der Waals surface area contributed by atoms with Gasteiger partial charge in [0.2, 0.25) is 0 Å². The first-order valence-corrected chi connectivity index (χ1v) is 6.72. The zero-order valence-electron chi connectivity index (χ0n) is 11.2. The van der Waals surface area contributed by atoms with Crippen molar-refractivity contribution >= 4 is 28.9 Å². The van der Waals surface area contributed by atoms with E-state index >= 15 is 0 Å². The molecule has 0 spiro atoms. The second-order valence-corrected chi connectivity index (χ2v) is 5.86. The maximum Gasteiger partial charge on any atom is 0.337 e. The van der Waals surface area contributed by atoms with Gasteiger partial charge in [-0.25, -0.2) is 13.6 Å². The first-order chi connectivity index (χ1) is 9.79. The quantitative estimate of drug-likeness (QED) is 0.910. The summed E-state index contributed by atoms with van der Waals surface area (Å²) in [6.45, 7) is 3.57. The van der Waals surface area contributed by atoms with Crippen LogP contribution >= 0.6 is 11.3 Å². The van der Waals surface area contributed by atoms with E-state index in [0.29, 0.717) is 17.7 Å². The second kappa shape index (κ2) is 5.61. The number of carbonyl (C=O) groups is 2. The van der Waals surface area contributed by atoms with Crippen LogP contribution in [0, 0.1) is 25.5 Å². The highest BCUT2D eigenvalue weighted by Gasteiger charge is 2.19. The SMILES string of the molecule is Cc1cc(C(=O)Nc2cc(F)c(F)cc2C(=O)O)c(C)s1. The molecule has 7 heteroatoms. The van der Waals surface area contributed by atoms with Crippen LogP contribution in [0.1, 0.15) is 30.5 Å². The normalized spacial score (nSPS) is 10.5. The van der Waals surface area contributed by atoms with Gasteiger partial charge in [0.15, 0.2) is 11.6 Å². The van der Waals surface area contributed by atoms with Gasteiger partial charge in [-0.15, -0.1) is 11.3 Å². The topological polar surface area (TPSA) is 66.4 Å². The van der Waals surface area contributed by atoms with Crippen LogP contribution in [0.3, 0.4) is 0 Å². The number of carbonyl (C=O) groups excluding carboxylic acids is 1. The third kappa shape index (κ3) is 3.08. The number of nitrogens with one attached hydrogen (secondary N) is 1. The minimum Gasteiger partial charge on any atom is -0.478 e. The highest BCUT2D eigenvalue weighted by Crippen LogP contribution is 2.24. The van der Waals surface area contributed by atoms with Crippen LogP contribution in [0.4, 0.5) is 14.5 Å². The predicted molar refractivity (Wildman–Crippen MR) is 75.1 cm³/mol. The van der Waals surface area contributed by atoms with Crippen molar-refractivity contribution in [3.8, 4) is 0 Å². The third-order valence-corrected chi connectivity index (χ3v) is 3.79. The number of carboxylic acids is 1. The Morgan fingerprint density at radius 1 is 1.10 bits per heavy atom. The maximum atomic E-state index is 13.2. The molecule has 0 saturated carbocycles. The van der Waals surface area contributed by atoms with Gasteiger partial charge in [-0.1, -0.05) is 0 Å². The van der Waals surface area contributed by atoms with E-state index in [2.05, 4.69) is 5.32 Å². The molecule has 0 radical (unpaired) electrons. The summed E-state index contributed by atoms with van der Waals surface area (Å²) >= 11 is 1.41. The van der Waals surface area contributed by atoms with Crippen molar-refractivity contribution in [1.82, 2.24) is 0 Å². The van der Waals surface area contributed by atoms with Crippen molar-refractivity contribution < 1.29 is 23.5 Å². The smallest absolute Gasteiger partial charge is 0.337 e. The summed E-state index contributed by atoms with van der Waals surface area (Å²) in [5.74, 6) is -4.53. The van der Waals surface area contributed by atoms with Gasteiger partial charge in [-0.2, -0.15) is 0 Å². The first-order valence-electron chi connectivity index (χ1n) is 5.90. The lowest BCUT2D eigenvalue weighted by Gasteiger charge is -2.09. The number of hydrogen-bond donors (Lipinski definition) is 2. The summed E-state index contributed by atoms with van der Waals surface area (Å²) in [6.07, 6.45) is 0. The zero-order chi connectivity index (χ0) is 15.7. The van der Waals surface area contributed by atoms with Gasteiger partial charge in [0.05, 0.1) is 16.8 Å². The fourth-order valence-corrected chi connectivity index (χ4v) is 2.79. The Kier molecular flexibility index (Phi) is 4.04. The van der Waals surface area contributed by atoms with Crippen LogP contribution in [0.2, 0.25) is 0 Å². The molecular weight excluding hydrogens is 300 g/mol. The van der Waals surface area contributed by atoms with Crippen LogP contribution in [0.25, 0.3) is 0 Å². The number of aryl methyl sites for hydroxylation is 2. The Bertz CT molecular complexity index is 740. The molecule has 0 atom stereocenters. The zero-order valence-corrected chi connectivity index (χ0v) is 12.0. The van der Waals surface area contributed by atoms with Gasteiger partial charge >= 0.3 is 5.97 Å². The molecule has 4 nitrogen and oxygen atoms in total. The lowest BCUT2D eigenvalue weighted by molar-refractivity contribution is 0.0697. The van der Waals surface area contributed by atoms with Gasteiger partial charge in [0, 0.05) is 15.8 Å². The van der Waals surface area contributed by atoms with Crippen LogP contribution in [0.15, 0.2) is 18.2 Å². The molecule has 21 heavy (non-hydrogen) atoms. The molecule has 0 aliphatic rings. The molecule has 0 fully saturated rings. The number of rotatable bonds is 3. The van der Waals surface area contributed by atoms with E-state index < -0.39 is 29.1 Å². The molecule has 1 aromatic heterocycles. The average molecular weight is 311 g/mol. The predicted octanol–water partition coefficient (Wildman–Crippen LogP) is 3.59. The molecule has 0 unspecified atom stereocenters. The Morgan fingerprint density at radius 2 is 1.71 bits per heavy atom. The van der Waals surface area contributed by atoms with Gasteiger partial charge < -0.3 is 10.4 Å². The van der Waals surface area contributed by atoms with Gasteiger partial charge in [-0.05, 0) is 26.0 Å². The Labute approximate surface area is 123 Å². The van der Waals surface area contributed by atoms with Crippen LogP contribution in [-0.4, -0.2) is 17.0 Å². The molecular formula is C14H11F2NO3S. The monoisotopic (exact) mass is 311 g/mol. The molecule has 1 amide bonds. The number of benzene rings is 1. The maximum absolute atomic E-state index is 13.2. The first kappa shape index (κ1) is 15.1. The number of thiophene rings is 1. The van der Waals surface area contributed by atoms with Crippen molar-refractivity contribution in [2.75, 3.05) is 5.32 Å². The standard InChI is InChI=1S/C14H11F2NO3S/c1-6-3-8(7(2)21-6)13(18)17-12-5-11(16)10(15)4-9(12)14(19)20/h3-5H,1-2H3,(H,17,18)(H,19,20). The van der Waals surface area contributed by atoms with Crippen molar-refractivity contribution in [2.45, 2.75) is 13.8 Å². The molecule has 110 valence electrons. The van der Waals surface area contributed by atoms with E-state index in [9.17, 15) is 18.4 Å². The number of anilines is 1. The average Bonchev–Trinajstić information content (AvgIpc) is 2.72. The summed E-state index contributed by atoms with van der Waals surface area (Å²) < 4.78 is 26.3. The van der Waals surface area contributed by atoms with Crippen LogP contribution < -0.4 is 5.32 Å². The number of aromatic carboxylic acids is 1. The van der Waals surface area contributed by atoms with E-state index in [1.165, 1.54) is 11.3 Å². The Morgan fingerprint density at radius 3 is 2.24 bits per heavy atom. The Balaban J connectivity index is 2.39. The van der Waals surface area contributed by atoms with E-state index in [1.54, 1.807) is 13.0 Å². The van der Waals surface area contributed by atoms with E-state index in [4.69, 9.17) is 5.11 Å². The van der Waals surface area contributed by atoms with E-state index in [1.807, 2.05) is 6.92 Å². The van der Waals surface area contributed by atoms with Gasteiger partial charge in [0.25, 0.3) is 5.91 Å². The molecule has 0 aliphatic carbocycles. The van der Waals surface area contributed by atoms with Crippen molar-refractivity contribution in [3.63, 3.8) is 0 Å². The highest BCUT2D eigenvalue weighted by atomic mass is 32.1. The summed E-state index contributed by atoms with van der Waals surface area (Å²) in [4.78, 5) is 24.8. The largest absolute Gasteiger partial charge is 0.478 e. The minimum absolute atomic E-state index is 0.283. The van der Waals surface area contributed by atoms with Gasteiger partial charge in [-0.3, -0.25) is 4.79 Å². The van der Waals surface area contributed by atoms with Crippen molar-refractivity contribution in [1.29, 1.82) is 0 Å². The van der Waals surface area contributed by atoms with E-state index in [0.717, 1.165) is 9.75 Å². The summed E-state index contributed by atoms with van der Waals surface area (Å²) in [6, 6.07) is 2.85. The number of amides is 1. The lowest BCUT2D eigenvalue weighted by atomic mass is 10.1. The molecule has 1 aromatic carbocycles. The number of halogens is 2. The third-order valence-electron chi connectivity index (χ3n) is 2.82. The van der Waals surface area contributed by atoms with Crippen LogP contribution in [0.5, 0.6) is 0 Å². The lowest BCUT2D eigenvalue weighted by Crippen LogP contribution is -2.15. The summed E-state index contributed by atoms with van der Waals surface area (Å²) in [7, 11) is 0. The molecule has 2 aromatic rings. The summed E-state index contributed by atoms with van der Waals surface area (Å²) in [5, 5.41) is 11.3. The molecule has 0 saturated heterocycles. The molecule has 0 aliphatic heterocycles. The molecule has 2 N–H and O–H groups in total. The highest BCUT2D eigenvalue weighted by molar-refractivity contribution is 7.12. The minimum atomic E-state index is -1.46. The fourth-order valence-electron chi connectivity index (χ4n) is 1.87. The second-order valence-electron chi connectivity index (χ2n) is 4.40. The fraction of sp³-hybridized carbons (Fsp3) is 0.143. The Hall–Kier alpha value is -2.28. The van der Waals surface area contributed by atoms with Crippen molar-refractivity contribution in [2.24, 2.45) is 0 Å². The van der Waals surface area contributed by atoms with Crippen LogP contribution in [-0.2, 0) is 0 Å².